The number of anilines is 2. The van der Waals surface area contributed by atoms with E-state index in [0.717, 1.165) is 11.4 Å². The van der Waals surface area contributed by atoms with Crippen LogP contribution in [0, 0.1) is 0 Å². The van der Waals surface area contributed by atoms with Crippen molar-refractivity contribution < 1.29 is 13.2 Å². The predicted octanol–water partition coefficient (Wildman–Crippen LogP) is 3.14. The summed E-state index contributed by atoms with van der Waals surface area (Å²) in [6, 6.07) is 15.3. The summed E-state index contributed by atoms with van der Waals surface area (Å²) in [5.74, 6) is 0.300. The summed E-state index contributed by atoms with van der Waals surface area (Å²) in [5.41, 5.74) is 3.59. The zero-order valence-electron chi connectivity index (χ0n) is 16.6. The van der Waals surface area contributed by atoms with Gasteiger partial charge in [0.15, 0.2) is 0 Å². The molecular weight excluding hydrogens is 374 g/mol. The molecule has 3 rings (SSSR count). The van der Waals surface area contributed by atoms with Gasteiger partial charge < -0.3 is 10.2 Å². The molecule has 2 aromatic rings. The van der Waals surface area contributed by atoms with Crippen molar-refractivity contribution in [2.75, 3.05) is 42.7 Å². The van der Waals surface area contributed by atoms with E-state index in [2.05, 4.69) is 24.1 Å². The summed E-state index contributed by atoms with van der Waals surface area (Å²) < 4.78 is 24.7. The predicted molar refractivity (Wildman–Crippen MR) is 114 cm³/mol. The van der Waals surface area contributed by atoms with Crippen LogP contribution in [0.4, 0.5) is 11.4 Å². The molecule has 0 atom stereocenters. The zero-order valence-corrected chi connectivity index (χ0v) is 17.4. The third-order valence-electron chi connectivity index (χ3n) is 5.04. The first kappa shape index (κ1) is 20.4. The van der Waals surface area contributed by atoms with Crippen LogP contribution in [0.2, 0.25) is 0 Å². The maximum atomic E-state index is 12.4. The van der Waals surface area contributed by atoms with Gasteiger partial charge >= 0.3 is 0 Å². The van der Waals surface area contributed by atoms with Gasteiger partial charge in [-0.1, -0.05) is 26.0 Å². The molecular formula is C21H27N3O3S. The lowest BCUT2D eigenvalue weighted by Gasteiger charge is -2.34. The molecule has 1 saturated heterocycles. The van der Waals surface area contributed by atoms with Crippen LogP contribution >= 0.6 is 0 Å². The van der Waals surface area contributed by atoms with Crippen molar-refractivity contribution in [1.82, 2.24) is 4.31 Å². The number of amides is 1. The average Bonchev–Trinajstić information content (AvgIpc) is 2.68. The van der Waals surface area contributed by atoms with Gasteiger partial charge in [0.1, 0.15) is 0 Å². The molecule has 7 heteroatoms. The number of benzene rings is 2. The highest BCUT2D eigenvalue weighted by Crippen LogP contribution is 2.21. The molecule has 6 nitrogen and oxygen atoms in total. The summed E-state index contributed by atoms with van der Waals surface area (Å²) in [7, 11) is -3.13. The lowest BCUT2D eigenvalue weighted by Crippen LogP contribution is -2.48. The summed E-state index contributed by atoms with van der Waals surface area (Å²) in [4.78, 5) is 14.6. The van der Waals surface area contributed by atoms with Crippen LogP contribution < -0.4 is 10.2 Å². The second-order valence-electron chi connectivity index (χ2n) is 7.43. The fourth-order valence-corrected chi connectivity index (χ4v) is 4.08. The average molecular weight is 402 g/mol. The zero-order chi connectivity index (χ0) is 20.3. The van der Waals surface area contributed by atoms with Gasteiger partial charge in [0.2, 0.25) is 10.0 Å². The molecule has 0 radical (unpaired) electrons. The molecule has 1 aliphatic heterocycles. The molecule has 1 heterocycles. The smallest absolute Gasteiger partial charge is 0.255 e. The monoisotopic (exact) mass is 401 g/mol. The molecule has 0 saturated carbocycles. The van der Waals surface area contributed by atoms with Crippen molar-refractivity contribution in [3.05, 3.63) is 59.7 Å². The molecule has 0 aromatic heterocycles. The van der Waals surface area contributed by atoms with Gasteiger partial charge in [-0.05, 0) is 47.9 Å². The molecule has 1 N–H and O–H groups in total. The summed E-state index contributed by atoms with van der Waals surface area (Å²) in [6.07, 6.45) is 1.25. The molecule has 1 amide bonds. The van der Waals surface area contributed by atoms with E-state index in [0.29, 0.717) is 37.7 Å². The number of carbonyl (C=O) groups excluding carboxylic acids is 1. The van der Waals surface area contributed by atoms with E-state index in [4.69, 9.17) is 0 Å². The topological polar surface area (TPSA) is 69.7 Å². The number of piperazine rings is 1. The summed E-state index contributed by atoms with van der Waals surface area (Å²) in [6.45, 7) is 6.53. The lowest BCUT2D eigenvalue weighted by atomic mass is 10.0. The van der Waals surface area contributed by atoms with Crippen LogP contribution in [0.1, 0.15) is 35.7 Å². The first-order chi connectivity index (χ1) is 13.2. The Bertz CT molecular complexity index is 914. The Hall–Kier alpha value is -2.38. The maximum absolute atomic E-state index is 12.4. The summed E-state index contributed by atoms with van der Waals surface area (Å²) >= 11 is 0. The maximum Gasteiger partial charge on any atom is 0.255 e. The van der Waals surface area contributed by atoms with Crippen LogP contribution in [0.5, 0.6) is 0 Å². The SMILES string of the molecule is CC(C)c1ccc(C(=O)Nc2ccc(N3CCN(S(C)(=O)=O)CC3)cc2)cc1. The van der Waals surface area contributed by atoms with Crippen molar-refractivity contribution in [3.8, 4) is 0 Å². The highest BCUT2D eigenvalue weighted by Gasteiger charge is 2.23. The van der Waals surface area contributed by atoms with E-state index in [-0.39, 0.29) is 5.91 Å². The second kappa shape index (κ2) is 8.32. The number of hydrogen-bond acceptors (Lipinski definition) is 4. The third kappa shape index (κ3) is 4.91. The van der Waals surface area contributed by atoms with Crippen LogP contribution in [-0.4, -0.2) is 51.1 Å². The van der Waals surface area contributed by atoms with E-state index in [9.17, 15) is 13.2 Å². The van der Waals surface area contributed by atoms with Gasteiger partial charge in [0.05, 0.1) is 6.26 Å². The highest BCUT2D eigenvalue weighted by molar-refractivity contribution is 7.88. The standard InChI is InChI=1S/C21H27N3O3S/c1-16(2)17-4-6-18(7-5-17)21(25)22-19-8-10-20(11-9-19)23-12-14-24(15-13-23)28(3,26)27/h4-11,16H,12-15H2,1-3H3,(H,22,25). The Morgan fingerprint density at radius 1 is 0.929 bits per heavy atom. The number of nitrogens with zero attached hydrogens (tertiary/aromatic N) is 2. The van der Waals surface area contributed by atoms with E-state index in [1.165, 1.54) is 16.1 Å². The lowest BCUT2D eigenvalue weighted by molar-refractivity contribution is 0.102. The third-order valence-corrected chi connectivity index (χ3v) is 6.34. The van der Waals surface area contributed by atoms with E-state index in [1.54, 1.807) is 0 Å². The normalized spacial score (nSPS) is 15.6. The molecule has 1 aliphatic rings. The molecule has 1 fully saturated rings. The van der Waals surface area contributed by atoms with Gasteiger partial charge in [-0.2, -0.15) is 4.31 Å². The van der Waals surface area contributed by atoms with Crippen molar-refractivity contribution in [3.63, 3.8) is 0 Å². The van der Waals surface area contributed by atoms with Crippen molar-refractivity contribution in [2.24, 2.45) is 0 Å². The Morgan fingerprint density at radius 3 is 2.00 bits per heavy atom. The first-order valence-corrected chi connectivity index (χ1v) is 11.3. The van der Waals surface area contributed by atoms with Gasteiger partial charge in [0, 0.05) is 43.1 Å². The highest BCUT2D eigenvalue weighted by atomic mass is 32.2. The number of nitrogens with one attached hydrogen (secondary N) is 1. The van der Waals surface area contributed by atoms with Gasteiger partial charge in [-0.15, -0.1) is 0 Å². The van der Waals surface area contributed by atoms with Crippen molar-refractivity contribution in [2.45, 2.75) is 19.8 Å². The number of rotatable bonds is 5. The molecule has 28 heavy (non-hydrogen) atoms. The van der Waals surface area contributed by atoms with Crippen LogP contribution in [0.15, 0.2) is 48.5 Å². The van der Waals surface area contributed by atoms with Gasteiger partial charge in [-0.3, -0.25) is 4.79 Å². The van der Waals surface area contributed by atoms with Crippen LogP contribution in [0.25, 0.3) is 0 Å². The first-order valence-electron chi connectivity index (χ1n) is 9.45. The minimum absolute atomic E-state index is 0.134. The van der Waals surface area contributed by atoms with E-state index >= 15 is 0 Å². The fraction of sp³-hybridized carbons (Fsp3) is 0.381. The van der Waals surface area contributed by atoms with E-state index < -0.39 is 10.0 Å². The van der Waals surface area contributed by atoms with Gasteiger partial charge in [-0.25, -0.2) is 8.42 Å². The van der Waals surface area contributed by atoms with Crippen molar-refractivity contribution >= 4 is 27.3 Å². The second-order valence-corrected chi connectivity index (χ2v) is 9.41. The molecule has 0 aliphatic carbocycles. The minimum atomic E-state index is -3.13. The summed E-state index contributed by atoms with van der Waals surface area (Å²) in [5, 5.41) is 2.92. The van der Waals surface area contributed by atoms with E-state index in [1.807, 2.05) is 48.5 Å². The Labute approximate surface area is 167 Å². The van der Waals surface area contributed by atoms with Crippen LogP contribution in [0.3, 0.4) is 0 Å². The Balaban J connectivity index is 1.59. The fourth-order valence-electron chi connectivity index (χ4n) is 3.26. The largest absolute Gasteiger partial charge is 0.369 e. The van der Waals surface area contributed by atoms with Crippen molar-refractivity contribution in [1.29, 1.82) is 0 Å². The minimum Gasteiger partial charge on any atom is -0.369 e. The number of carbonyl (C=O) groups is 1. The molecule has 0 unspecified atom stereocenters. The Morgan fingerprint density at radius 2 is 1.50 bits per heavy atom. The van der Waals surface area contributed by atoms with Crippen LogP contribution in [-0.2, 0) is 10.0 Å². The van der Waals surface area contributed by atoms with Gasteiger partial charge in [0.25, 0.3) is 5.91 Å². The Kier molecular flexibility index (Phi) is 6.05. The molecule has 2 aromatic carbocycles. The number of sulfonamides is 1. The molecule has 0 spiro atoms. The quantitative estimate of drug-likeness (QED) is 0.836. The molecule has 150 valence electrons. The molecule has 0 bridgehead atoms. The number of hydrogen-bond donors (Lipinski definition) is 1.